The molecular weight excluding hydrogens is 193 g/mol. The molecule has 0 saturated carbocycles. The zero-order valence-corrected chi connectivity index (χ0v) is 8.67. The quantitative estimate of drug-likeness (QED) is 0.483. The Morgan fingerprint density at radius 2 is 1.85 bits per heavy atom. The summed E-state index contributed by atoms with van der Waals surface area (Å²) in [6.45, 7) is 3.10. The molecule has 5 nitrogen and oxygen atoms in total. The summed E-state index contributed by atoms with van der Waals surface area (Å²) in [5.41, 5.74) is 0. The third kappa shape index (κ3) is 2.43. The predicted molar refractivity (Wildman–Crippen MR) is 49.5 cm³/mol. The van der Waals surface area contributed by atoms with Crippen LogP contribution in [0.15, 0.2) is 0 Å². The van der Waals surface area contributed by atoms with Crippen LogP contribution in [0.4, 0.5) is 0 Å². The van der Waals surface area contributed by atoms with Gasteiger partial charge in [0, 0.05) is 0 Å². The van der Waals surface area contributed by atoms with Crippen LogP contribution in [0.5, 0.6) is 0 Å². The molecule has 0 aromatic rings. The van der Waals surface area contributed by atoms with E-state index in [0.717, 1.165) is 7.05 Å². The van der Waals surface area contributed by atoms with Crippen molar-refractivity contribution in [1.29, 1.82) is 0 Å². The molecule has 0 amide bonds. The molecule has 3 N–H and O–H groups in total. The number of nitrogens with one attached hydrogen (secondary N) is 1. The summed E-state index contributed by atoms with van der Waals surface area (Å²) in [6, 6.07) is 0. The zero-order valence-electron chi connectivity index (χ0n) is 7.85. The first-order valence-electron chi connectivity index (χ1n) is 3.79. The van der Waals surface area contributed by atoms with Gasteiger partial charge in [0.2, 0.25) is 10.0 Å². The lowest BCUT2D eigenvalue weighted by Gasteiger charge is -2.31. The first-order chi connectivity index (χ1) is 5.66. The summed E-state index contributed by atoms with van der Waals surface area (Å²) < 4.78 is 24.1. The second kappa shape index (κ2) is 3.95. The molecule has 7 heteroatoms. The van der Waals surface area contributed by atoms with Gasteiger partial charge >= 0.3 is 0 Å². The molecule has 0 bridgehead atoms. The smallest absolute Gasteiger partial charge is 0.234 e. The van der Waals surface area contributed by atoms with Gasteiger partial charge in [-0.15, -0.1) is 0 Å². The van der Waals surface area contributed by atoms with Crippen LogP contribution in [0, 0.1) is 5.92 Å². The van der Waals surface area contributed by atoms with Gasteiger partial charge in [-0.3, -0.25) is 0 Å². The molecule has 0 saturated heterocycles. The van der Waals surface area contributed by atoms with Crippen molar-refractivity contribution in [3.05, 3.63) is 0 Å². The molecule has 2 radical (unpaired) electrons. The van der Waals surface area contributed by atoms with Crippen molar-refractivity contribution in [2.45, 2.75) is 24.8 Å². The Morgan fingerprint density at radius 1 is 1.46 bits per heavy atom. The molecule has 0 aliphatic heterocycles. The van der Waals surface area contributed by atoms with Crippen molar-refractivity contribution in [1.82, 2.24) is 4.72 Å². The lowest BCUT2D eigenvalue weighted by Crippen LogP contribution is -2.55. The van der Waals surface area contributed by atoms with Gasteiger partial charge in [-0.05, 0) is 13.0 Å². The highest BCUT2D eigenvalue weighted by molar-refractivity contribution is 7.91. The third-order valence-corrected chi connectivity index (χ3v) is 3.39. The van der Waals surface area contributed by atoms with Crippen molar-refractivity contribution < 1.29 is 18.6 Å². The van der Waals surface area contributed by atoms with Gasteiger partial charge in [-0.1, -0.05) is 13.8 Å². The Bertz CT molecular complexity index is 262. The fraction of sp³-hybridized carbons (Fsp3) is 1.00. The molecule has 0 fully saturated rings. The minimum atomic E-state index is -4.11. The average molecular weight is 207 g/mol. The van der Waals surface area contributed by atoms with E-state index in [1.165, 1.54) is 0 Å². The van der Waals surface area contributed by atoms with E-state index in [4.69, 9.17) is 7.85 Å². The molecule has 0 aliphatic rings. The minimum absolute atomic E-state index is 0.460. The van der Waals surface area contributed by atoms with Gasteiger partial charge in [0.05, 0.1) is 6.10 Å². The van der Waals surface area contributed by atoms with Crippen molar-refractivity contribution in [3.63, 3.8) is 0 Å². The lowest BCUT2D eigenvalue weighted by molar-refractivity contribution is 0.00973. The fourth-order valence-electron chi connectivity index (χ4n) is 0.800. The van der Waals surface area contributed by atoms with Crippen LogP contribution in [0.25, 0.3) is 0 Å². The molecule has 76 valence electrons. The van der Waals surface area contributed by atoms with Gasteiger partial charge in [-0.2, -0.15) is 0 Å². The Morgan fingerprint density at radius 3 is 2.08 bits per heavy atom. The van der Waals surface area contributed by atoms with Gasteiger partial charge < -0.3 is 10.2 Å². The monoisotopic (exact) mass is 207 g/mol. The molecule has 2 atom stereocenters. The van der Waals surface area contributed by atoms with Gasteiger partial charge in [0.15, 0.2) is 4.83 Å². The van der Waals surface area contributed by atoms with E-state index >= 15 is 0 Å². The molecule has 2 unspecified atom stereocenters. The van der Waals surface area contributed by atoms with Gasteiger partial charge in [0.1, 0.15) is 7.85 Å². The van der Waals surface area contributed by atoms with E-state index in [1.54, 1.807) is 13.8 Å². The number of aliphatic hydroxyl groups is 2. The van der Waals surface area contributed by atoms with Crippen LogP contribution in [0.1, 0.15) is 13.8 Å². The largest absolute Gasteiger partial charge is 0.390 e. The summed E-state index contributed by atoms with van der Waals surface area (Å²) >= 11 is 0. The number of rotatable bonds is 4. The van der Waals surface area contributed by atoms with E-state index in [-0.39, 0.29) is 0 Å². The van der Waals surface area contributed by atoms with Gasteiger partial charge in [0.25, 0.3) is 0 Å². The second-order valence-corrected chi connectivity index (χ2v) is 5.22. The molecule has 0 aromatic carbocycles. The molecule has 0 rings (SSSR count). The van der Waals surface area contributed by atoms with Crippen molar-refractivity contribution in [3.8, 4) is 0 Å². The minimum Gasteiger partial charge on any atom is -0.390 e. The van der Waals surface area contributed by atoms with Crippen LogP contribution in [0.2, 0.25) is 0 Å². The van der Waals surface area contributed by atoms with Crippen molar-refractivity contribution in [2.75, 3.05) is 7.05 Å². The maximum absolute atomic E-state index is 11.1. The summed E-state index contributed by atoms with van der Waals surface area (Å²) in [6.07, 6.45) is -1.54. The maximum atomic E-state index is 11.1. The topological polar surface area (TPSA) is 86.6 Å². The Kier molecular flexibility index (Phi) is 3.92. The summed E-state index contributed by atoms with van der Waals surface area (Å²) in [4.78, 5) is -2.66. The van der Waals surface area contributed by atoms with Crippen LogP contribution < -0.4 is 4.72 Å². The fourth-order valence-corrected chi connectivity index (χ4v) is 1.72. The van der Waals surface area contributed by atoms with E-state index in [9.17, 15) is 18.6 Å². The summed E-state index contributed by atoms with van der Waals surface area (Å²) in [5.74, 6) is -0.460. The molecule has 0 spiro atoms. The van der Waals surface area contributed by atoms with Crippen LogP contribution in [-0.4, -0.2) is 44.5 Å². The molecule has 0 aromatic heterocycles. The number of hydrogen-bond acceptors (Lipinski definition) is 4. The number of aliphatic hydroxyl groups excluding tert-OH is 1. The standard InChI is InChI=1S/C6H14BNO4S/c1-4(2)5(9)6(7,10)13(11,12)8-3/h4-5,8-10H,1-3H3. The Balaban J connectivity index is 4.97. The Hall–Kier alpha value is -0.105. The van der Waals surface area contributed by atoms with Crippen LogP contribution >= 0.6 is 0 Å². The average Bonchev–Trinajstić information content (AvgIpc) is 2.02. The SMILES string of the molecule is [B]C(O)(C(O)C(C)C)S(=O)(=O)NC. The predicted octanol–water partition coefficient (Wildman–Crippen LogP) is -1.63. The third-order valence-electron chi connectivity index (χ3n) is 1.75. The number of hydrogen-bond donors (Lipinski definition) is 3. The highest BCUT2D eigenvalue weighted by Crippen LogP contribution is 2.19. The first-order valence-corrected chi connectivity index (χ1v) is 5.27. The molecule has 0 aliphatic carbocycles. The zero-order chi connectivity index (χ0) is 10.9. The molecule has 0 heterocycles. The van der Waals surface area contributed by atoms with Gasteiger partial charge in [-0.25, -0.2) is 13.1 Å². The highest BCUT2D eigenvalue weighted by Gasteiger charge is 2.43. The van der Waals surface area contributed by atoms with Crippen LogP contribution in [-0.2, 0) is 10.0 Å². The normalized spacial score (nSPS) is 19.8. The van der Waals surface area contributed by atoms with Crippen molar-refractivity contribution in [2.24, 2.45) is 5.92 Å². The molecular formula is C6H14BNO4S. The summed E-state index contributed by atoms with van der Waals surface area (Å²) in [7, 11) is 2.11. The first kappa shape index (κ1) is 12.9. The van der Waals surface area contributed by atoms with E-state index < -0.39 is 26.9 Å². The van der Waals surface area contributed by atoms with Crippen molar-refractivity contribution >= 4 is 17.9 Å². The summed E-state index contributed by atoms with van der Waals surface area (Å²) in [5, 5.41) is 18.7. The maximum Gasteiger partial charge on any atom is 0.234 e. The van der Waals surface area contributed by atoms with E-state index in [2.05, 4.69) is 0 Å². The Labute approximate surface area is 79.6 Å². The van der Waals surface area contributed by atoms with Crippen LogP contribution in [0.3, 0.4) is 0 Å². The lowest BCUT2D eigenvalue weighted by atomic mass is 9.87. The van der Waals surface area contributed by atoms with E-state index in [1.807, 2.05) is 4.72 Å². The van der Waals surface area contributed by atoms with E-state index in [0.29, 0.717) is 0 Å². The molecule has 13 heavy (non-hydrogen) atoms. The highest BCUT2D eigenvalue weighted by atomic mass is 32.2. The number of sulfonamides is 1. The second-order valence-electron chi connectivity index (χ2n) is 3.15.